The van der Waals surface area contributed by atoms with Gasteiger partial charge in [0.2, 0.25) is 0 Å². The SMILES string of the molecule is COc1ccc(C(=O)NCCc2cc3c(C)cc(C)cc3[nH]c2=O)cc1OC. The van der Waals surface area contributed by atoms with Gasteiger partial charge in [-0.25, -0.2) is 0 Å². The highest BCUT2D eigenvalue weighted by atomic mass is 16.5. The third-order valence-corrected chi connectivity index (χ3v) is 4.72. The van der Waals surface area contributed by atoms with Crippen molar-refractivity contribution in [2.75, 3.05) is 20.8 Å². The molecule has 146 valence electrons. The second-order valence-electron chi connectivity index (χ2n) is 6.74. The fraction of sp³-hybridized carbons (Fsp3) is 0.273. The molecular weight excluding hydrogens is 356 g/mol. The van der Waals surface area contributed by atoms with Crippen molar-refractivity contribution in [1.29, 1.82) is 0 Å². The van der Waals surface area contributed by atoms with Crippen molar-refractivity contribution in [3.63, 3.8) is 0 Å². The molecule has 0 spiro atoms. The number of aryl methyl sites for hydroxylation is 2. The van der Waals surface area contributed by atoms with Crippen LogP contribution in [0.5, 0.6) is 11.5 Å². The van der Waals surface area contributed by atoms with Crippen molar-refractivity contribution in [2.45, 2.75) is 20.3 Å². The minimum absolute atomic E-state index is 0.127. The van der Waals surface area contributed by atoms with E-state index in [1.165, 1.54) is 7.11 Å². The van der Waals surface area contributed by atoms with E-state index in [1.807, 2.05) is 26.0 Å². The minimum Gasteiger partial charge on any atom is -0.493 e. The summed E-state index contributed by atoms with van der Waals surface area (Å²) in [6, 6.07) is 10.9. The molecule has 3 rings (SSSR count). The molecule has 1 heterocycles. The number of aromatic nitrogens is 1. The third kappa shape index (κ3) is 4.01. The Labute approximate surface area is 163 Å². The van der Waals surface area contributed by atoms with E-state index >= 15 is 0 Å². The molecule has 0 fully saturated rings. The number of aromatic amines is 1. The van der Waals surface area contributed by atoms with Crippen molar-refractivity contribution in [3.8, 4) is 11.5 Å². The highest BCUT2D eigenvalue weighted by Crippen LogP contribution is 2.27. The zero-order chi connectivity index (χ0) is 20.3. The van der Waals surface area contributed by atoms with Gasteiger partial charge in [0.25, 0.3) is 11.5 Å². The topological polar surface area (TPSA) is 80.4 Å². The summed E-state index contributed by atoms with van der Waals surface area (Å²) in [5, 5.41) is 3.87. The van der Waals surface area contributed by atoms with E-state index in [0.29, 0.717) is 35.6 Å². The first kappa shape index (κ1) is 19.5. The lowest BCUT2D eigenvalue weighted by Crippen LogP contribution is -2.27. The summed E-state index contributed by atoms with van der Waals surface area (Å²) in [6.07, 6.45) is 0.442. The molecule has 0 unspecified atom stereocenters. The van der Waals surface area contributed by atoms with Crippen LogP contribution in [0.4, 0.5) is 0 Å². The van der Waals surface area contributed by atoms with Crippen LogP contribution in [0.15, 0.2) is 41.2 Å². The number of carbonyl (C=O) groups is 1. The normalized spacial score (nSPS) is 10.7. The number of pyridine rings is 1. The van der Waals surface area contributed by atoms with E-state index in [4.69, 9.17) is 9.47 Å². The standard InChI is InChI=1S/C22H24N2O4/c1-13-9-14(2)17-11-16(22(26)24-18(17)10-13)7-8-23-21(25)15-5-6-19(27-3)20(12-15)28-4/h5-6,9-12H,7-8H2,1-4H3,(H,23,25)(H,24,26). The largest absolute Gasteiger partial charge is 0.493 e. The molecule has 0 radical (unpaired) electrons. The Morgan fingerprint density at radius 1 is 1.04 bits per heavy atom. The van der Waals surface area contributed by atoms with Crippen LogP contribution in [-0.4, -0.2) is 31.7 Å². The summed E-state index contributed by atoms with van der Waals surface area (Å²) >= 11 is 0. The van der Waals surface area contributed by atoms with E-state index in [2.05, 4.69) is 16.4 Å². The number of hydrogen-bond acceptors (Lipinski definition) is 4. The smallest absolute Gasteiger partial charge is 0.251 e. The van der Waals surface area contributed by atoms with Crippen LogP contribution in [0, 0.1) is 13.8 Å². The molecule has 0 bridgehead atoms. The molecule has 28 heavy (non-hydrogen) atoms. The summed E-state index contributed by atoms with van der Waals surface area (Å²) in [4.78, 5) is 27.7. The first-order valence-corrected chi connectivity index (χ1v) is 9.06. The van der Waals surface area contributed by atoms with Crippen molar-refractivity contribution in [3.05, 3.63) is 69.0 Å². The van der Waals surface area contributed by atoms with Gasteiger partial charge in [0.1, 0.15) is 0 Å². The second kappa shape index (κ2) is 8.17. The van der Waals surface area contributed by atoms with Gasteiger partial charge in [0.15, 0.2) is 11.5 Å². The molecule has 0 saturated carbocycles. The third-order valence-electron chi connectivity index (χ3n) is 4.72. The predicted octanol–water partition coefficient (Wildman–Crippen LogP) is 3.13. The van der Waals surface area contributed by atoms with Gasteiger partial charge in [-0.3, -0.25) is 9.59 Å². The Morgan fingerprint density at radius 3 is 2.50 bits per heavy atom. The number of nitrogens with one attached hydrogen (secondary N) is 2. The van der Waals surface area contributed by atoms with Gasteiger partial charge < -0.3 is 19.8 Å². The first-order chi connectivity index (χ1) is 13.4. The Balaban J connectivity index is 1.72. The summed E-state index contributed by atoms with van der Waals surface area (Å²) in [6.45, 7) is 4.38. The summed E-state index contributed by atoms with van der Waals surface area (Å²) < 4.78 is 10.4. The number of carbonyl (C=O) groups excluding carboxylic acids is 1. The van der Waals surface area contributed by atoms with E-state index < -0.39 is 0 Å². The minimum atomic E-state index is -0.232. The number of rotatable bonds is 6. The maximum absolute atomic E-state index is 12.4. The van der Waals surface area contributed by atoms with Gasteiger partial charge in [-0.05, 0) is 61.7 Å². The van der Waals surface area contributed by atoms with E-state index in [0.717, 1.165) is 22.0 Å². The van der Waals surface area contributed by atoms with Gasteiger partial charge >= 0.3 is 0 Å². The maximum Gasteiger partial charge on any atom is 0.251 e. The first-order valence-electron chi connectivity index (χ1n) is 9.06. The van der Waals surface area contributed by atoms with Gasteiger partial charge in [0.05, 0.1) is 14.2 Å². The average molecular weight is 380 g/mol. The highest BCUT2D eigenvalue weighted by molar-refractivity contribution is 5.94. The van der Waals surface area contributed by atoms with Crippen LogP contribution in [0.25, 0.3) is 10.9 Å². The van der Waals surface area contributed by atoms with Crippen LogP contribution >= 0.6 is 0 Å². The predicted molar refractivity (Wildman–Crippen MR) is 110 cm³/mol. The molecule has 0 aliphatic carbocycles. The quantitative estimate of drug-likeness (QED) is 0.688. The Hall–Kier alpha value is -3.28. The Kier molecular flexibility index (Phi) is 5.68. The highest BCUT2D eigenvalue weighted by Gasteiger charge is 2.11. The number of H-pyrrole nitrogens is 1. The molecule has 0 aliphatic rings. The van der Waals surface area contributed by atoms with Crippen LogP contribution in [0.2, 0.25) is 0 Å². The lowest BCUT2D eigenvalue weighted by molar-refractivity contribution is 0.0953. The molecule has 2 aromatic carbocycles. The maximum atomic E-state index is 12.4. The number of benzene rings is 2. The number of methoxy groups -OCH3 is 2. The fourth-order valence-corrected chi connectivity index (χ4v) is 3.29. The number of amides is 1. The lowest BCUT2D eigenvalue weighted by Gasteiger charge is -2.10. The monoisotopic (exact) mass is 380 g/mol. The van der Waals surface area contributed by atoms with Crippen LogP contribution < -0.4 is 20.3 Å². The second-order valence-corrected chi connectivity index (χ2v) is 6.74. The molecule has 2 N–H and O–H groups in total. The van der Waals surface area contributed by atoms with E-state index in [9.17, 15) is 9.59 Å². The van der Waals surface area contributed by atoms with Gasteiger partial charge in [-0.1, -0.05) is 6.07 Å². The average Bonchev–Trinajstić information content (AvgIpc) is 2.67. The number of hydrogen-bond donors (Lipinski definition) is 2. The number of fused-ring (bicyclic) bond motifs is 1. The van der Waals surface area contributed by atoms with Crippen molar-refractivity contribution in [2.24, 2.45) is 0 Å². The Bertz CT molecular complexity index is 1090. The van der Waals surface area contributed by atoms with E-state index in [1.54, 1.807) is 25.3 Å². The van der Waals surface area contributed by atoms with Gasteiger partial charge in [0, 0.05) is 28.6 Å². The summed E-state index contributed by atoms with van der Waals surface area (Å²) in [5.74, 6) is 0.823. The molecule has 0 atom stereocenters. The van der Waals surface area contributed by atoms with Gasteiger partial charge in [-0.15, -0.1) is 0 Å². The number of ether oxygens (including phenoxy) is 2. The molecule has 3 aromatic rings. The summed E-state index contributed by atoms with van der Waals surface area (Å²) in [7, 11) is 3.07. The van der Waals surface area contributed by atoms with Crippen molar-refractivity contribution in [1.82, 2.24) is 10.3 Å². The lowest BCUT2D eigenvalue weighted by atomic mass is 10.0. The molecule has 1 amide bonds. The molecule has 1 aromatic heterocycles. The zero-order valence-electron chi connectivity index (χ0n) is 16.5. The van der Waals surface area contributed by atoms with Crippen LogP contribution in [0.1, 0.15) is 27.0 Å². The van der Waals surface area contributed by atoms with Crippen LogP contribution in [0.3, 0.4) is 0 Å². The molecule has 0 saturated heterocycles. The Morgan fingerprint density at radius 2 is 1.79 bits per heavy atom. The van der Waals surface area contributed by atoms with Crippen LogP contribution in [-0.2, 0) is 6.42 Å². The molecule has 0 aliphatic heterocycles. The molecule has 6 heteroatoms. The summed E-state index contributed by atoms with van der Waals surface area (Å²) in [5.41, 5.74) is 4.04. The molecular formula is C22H24N2O4. The van der Waals surface area contributed by atoms with Gasteiger partial charge in [-0.2, -0.15) is 0 Å². The zero-order valence-corrected chi connectivity index (χ0v) is 16.5. The van der Waals surface area contributed by atoms with E-state index in [-0.39, 0.29) is 11.5 Å². The fourth-order valence-electron chi connectivity index (χ4n) is 3.29. The molecule has 6 nitrogen and oxygen atoms in total. The van der Waals surface area contributed by atoms with Crippen molar-refractivity contribution < 1.29 is 14.3 Å². The van der Waals surface area contributed by atoms with Crippen molar-refractivity contribution >= 4 is 16.8 Å².